The lowest BCUT2D eigenvalue weighted by Crippen LogP contribution is -2.22. The lowest BCUT2D eigenvalue weighted by Gasteiger charge is -2.13. The van der Waals surface area contributed by atoms with Crippen LogP contribution in [0.25, 0.3) is 5.69 Å². The summed E-state index contributed by atoms with van der Waals surface area (Å²) in [6, 6.07) is 16.6. The highest BCUT2D eigenvalue weighted by Gasteiger charge is 2.13. The van der Waals surface area contributed by atoms with Gasteiger partial charge in [-0.1, -0.05) is 42.1 Å². The van der Waals surface area contributed by atoms with Crippen molar-refractivity contribution < 1.29 is 4.79 Å². The second-order valence-electron chi connectivity index (χ2n) is 6.27. The Morgan fingerprint density at radius 3 is 2.56 bits per heavy atom. The van der Waals surface area contributed by atoms with Gasteiger partial charge in [-0.25, -0.2) is 4.98 Å². The van der Waals surface area contributed by atoms with E-state index in [-0.39, 0.29) is 17.2 Å². The van der Waals surface area contributed by atoms with Crippen molar-refractivity contribution in [2.75, 3.05) is 11.1 Å². The van der Waals surface area contributed by atoms with Crippen molar-refractivity contribution in [1.82, 2.24) is 9.55 Å². The molecule has 0 fully saturated rings. The number of carbonyl (C=O) groups excluding carboxylic acids is 1. The summed E-state index contributed by atoms with van der Waals surface area (Å²) >= 11 is 1.25. The van der Waals surface area contributed by atoms with Crippen molar-refractivity contribution in [3.05, 3.63) is 81.8 Å². The average Bonchev–Trinajstić information content (AvgIpc) is 2.64. The van der Waals surface area contributed by atoms with Gasteiger partial charge in [-0.15, -0.1) is 0 Å². The van der Waals surface area contributed by atoms with Crippen LogP contribution in [0.5, 0.6) is 0 Å². The van der Waals surface area contributed by atoms with E-state index in [1.54, 1.807) is 6.92 Å². The van der Waals surface area contributed by atoms with E-state index in [1.807, 2.05) is 62.4 Å². The first kappa shape index (κ1) is 18.9. The predicted octanol–water partition coefficient (Wildman–Crippen LogP) is 3.89. The van der Waals surface area contributed by atoms with Gasteiger partial charge in [0.05, 0.1) is 11.4 Å². The molecule has 5 nitrogen and oxygen atoms in total. The smallest absolute Gasteiger partial charge is 0.258 e. The molecule has 0 unspecified atom stereocenters. The van der Waals surface area contributed by atoms with E-state index in [0.717, 1.165) is 22.5 Å². The predicted molar refractivity (Wildman–Crippen MR) is 110 cm³/mol. The normalized spacial score (nSPS) is 10.6. The number of aromatic nitrogens is 2. The topological polar surface area (TPSA) is 64.0 Å². The minimum atomic E-state index is -0.161. The molecule has 1 heterocycles. The summed E-state index contributed by atoms with van der Waals surface area (Å²) < 4.78 is 1.53. The summed E-state index contributed by atoms with van der Waals surface area (Å²) in [6.45, 7) is 5.76. The van der Waals surface area contributed by atoms with Crippen LogP contribution in [0.3, 0.4) is 0 Å². The van der Waals surface area contributed by atoms with Crippen molar-refractivity contribution in [2.24, 2.45) is 0 Å². The van der Waals surface area contributed by atoms with Crippen LogP contribution in [0.1, 0.15) is 16.8 Å². The number of amides is 1. The molecule has 3 rings (SSSR count). The second-order valence-corrected chi connectivity index (χ2v) is 7.22. The molecule has 0 bridgehead atoms. The van der Waals surface area contributed by atoms with Gasteiger partial charge in [0.15, 0.2) is 5.16 Å². The van der Waals surface area contributed by atoms with Crippen LogP contribution in [0.15, 0.2) is 64.5 Å². The van der Waals surface area contributed by atoms with E-state index >= 15 is 0 Å². The largest absolute Gasteiger partial charge is 0.325 e. The SMILES string of the molecule is Cc1cc(=O)n(-c2ccccc2)c(SCC(=O)Nc2cccc(C)c2C)n1. The third-order valence-electron chi connectivity index (χ3n) is 4.24. The van der Waals surface area contributed by atoms with Crippen LogP contribution in [0.2, 0.25) is 0 Å². The first-order valence-corrected chi connectivity index (χ1v) is 9.59. The minimum Gasteiger partial charge on any atom is -0.325 e. The Morgan fingerprint density at radius 1 is 1.07 bits per heavy atom. The third kappa shape index (κ3) is 4.46. The Labute approximate surface area is 162 Å². The van der Waals surface area contributed by atoms with E-state index in [0.29, 0.717) is 10.9 Å². The molecule has 27 heavy (non-hydrogen) atoms. The number of carbonyl (C=O) groups is 1. The molecule has 2 aromatic carbocycles. The number of benzene rings is 2. The maximum Gasteiger partial charge on any atom is 0.258 e. The number of nitrogens with one attached hydrogen (secondary N) is 1. The van der Waals surface area contributed by atoms with Crippen LogP contribution >= 0.6 is 11.8 Å². The highest BCUT2D eigenvalue weighted by molar-refractivity contribution is 7.99. The Hall–Kier alpha value is -2.86. The monoisotopic (exact) mass is 379 g/mol. The fraction of sp³-hybridized carbons (Fsp3) is 0.190. The highest BCUT2D eigenvalue weighted by atomic mass is 32.2. The molecule has 1 N–H and O–H groups in total. The molecule has 0 atom stereocenters. The number of nitrogens with zero attached hydrogens (tertiary/aromatic N) is 2. The van der Waals surface area contributed by atoms with E-state index in [9.17, 15) is 9.59 Å². The highest BCUT2D eigenvalue weighted by Crippen LogP contribution is 2.21. The molecular formula is C21H21N3O2S. The molecule has 0 saturated carbocycles. The van der Waals surface area contributed by atoms with Crippen molar-refractivity contribution in [2.45, 2.75) is 25.9 Å². The molecule has 1 aromatic heterocycles. The Bertz CT molecular complexity index is 1030. The van der Waals surface area contributed by atoms with Crippen LogP contribution in [-0.4, -0.2) is 21.2 Å². The van der Waals surface area contributed by atoms with Crippen molar-refractivity contribution in [1.29, 1.82) is 0 Å². The zero-order valence-electron chi connectivity index (χ0n) is 15.5. The van der Waals surface area contributed by atoms with E-state index in [4.69, 9.17) is 0 Å². The molecule has 1 amide bonds. The zero-order valence-corrected chi connectivity index (χ0v) is 16.3. The molecule has 0 aliphatic heterocycles. The van der Waals surface area contributed by atoms with Crippen LogP contribution < -0.4 is 10.9 Å². The third-order valence-corrected chi connectivity index (χ3v) is 5.18. The first-order chi connectivity index (χ1) is 13.0. The molecule has 6 heteroatoms. The quantitative estimate of drug-likeness (QED) is 0.540. The number of anilines is 1. The Morgan fingerprint density at radius 2 is 1.81 bits per heavy atom. The fourth-order valence-electron chi connectivity index (χ4n) is 2.69. The summed E-state index contributed by atoms with van der Waals surface area (Å²) in [5.41, 5.74) is 4.17. The lowest BCUT2D eigenvalue weighted by molar-refractivity contribution is -0.113. The first-order valence-electron chi connectivity index (χ1n) is 8.60. The molecule has 138 valence electrons. The second kappa shape index (κ2) is 8.22. The maximum absolute atomic E-state index is 12.5. The molecule has 0 radical (unpaired) electrons. The molecule has 0 spiro atoms. The Balaban J connectivity index is 1.81. The summed E-state index contributed by atoms with van der Waals surface area (Å²) in [4.78, 5) is 29.4. The fourth-order valence-corrected chi connectivity index (χ4v) is 3.55. The number of para-hydroxylation sites is 1. The molecule has 0 saturated heterocycles. The number of aryl methyl sites for hydroxylation is 2. The van der Waals surface area contributed by atoms with E-state index in [2.05, 4.69) is 10.3 Å². The van der Waals surface area contributed by atoms with Crippen LogP contribution in [0.4, 0.5) is 5.69 Å². The van der Waals surface area contributed by atoms with Gasteiger partial charge in [-0.3, -0.25) is 14.2 Å². The summed E-state index contributed by atoms with van der Waals surface area (Å²) in [5, 5.41) is 3.44. The number of hydrogen-bond acceptors (Lipinski definition) is 4. The standard InChI is InChI=1S/C21H21N3O2S/c1-14-8-7-11-18(16(14)3)23-19(25)13-27-21-22-15(2)12-20(26)24(21)17-9-5-4-6-10-17/h4-12H,13H2,1-3H3,(H,23,25). The van der Waals surface area contributed by atoms with E-state index in [1.165, 1.54) is 22.4 Å². The van der Waals surface area contributed by atoms with Crippen molar-refractivity contribution in [3.8, 4) is 5.69 Å². The number of thioether (sulfide) groups is 1. The minimum absolute atomic E-state index is 0.135. The summed E-state index contributed by atoms with van der Waals surface area (Å²) in [5.74, 6) is 0.0277. The maximum atomic E-state index is 12.5. The lowest BCUT2D eigenvalue weighted by atomic mass is 10.1. The molecular weight excluding hydrogens is 358 g/mol. The van der Waals surface area contributed by atoms with Gasteiger partial charge in [0.25, 0.3) is 5.56 Å². The summed E-state index contributed by atoms with van der Waals surface area (Å²) in [6.07, 6.45) is 0. The summed E-state index contributed by atoms with van der Waals surface area (Å²) in [7, 11) is 0. The van der Waals surface area contributed by atoms with Crippen LogP contribution in [0, 0.1) is 20.8 Å². The van der Waals surface area contributed by atoms with Gasteiger partial charge < -0.3 is 5.32 Å². The molecule has 0 aliphatic carbocycles. The van der Waals surface area contributed by atoms with Crippen molar-refractivity contribution >= 4 is 23.4 Å². The average molecular weight is 379 g/mol. The van der Waals surface area contributed by atoms with Gasteiger partial charge in [-0.05, 0) is 50.1 Å². The zero-order chi connectivity index (χ0) is 19.4. The van der Waals surface area contributed by atoms with Gasteiger partial charge in [0.2, 0.25) is 5.91 Å². The van der Waals surface area contributed by atoms with Gasteiger partial charge in [-0.2, -0.15) is 0 Å². The number of rotatable bonds is 5. The van der Waals surface area contributed by atoms with Crippen LogP contribution in [-0.2, 0) is 4.79 Å². The van der Waals surface area contributed by atoms with Gasteiger partial charge >= 0.3 is 0 Å². The van der Waals surface area contributed by atoms with Crippen molar-refractivity contribution in [3.63, 3.8) is 0 Å². The Kier molecular flexibility index (Phi) is 5.76. The van der Waals surface area contributed by atoms with Gasteiger partial charge in [0.1, 0.15) is 0 Å². The van der Waals surface area contributed by atoms with Gasteiger partial charge in [0, 0.05) is 17.4 Å². The van der Waals surface area contributed by atoms with E-state index < -0.39 is 0 Å². The molecule has 0 aliphatic rings. The number of hydrogen-bond donors (Lipinski definition) is 1. The molecule has 3 aromatic rings.